The lowest BCUT2D eigenvalue weighted by Gasteiger charge is -2.50. The maximum atomic E-state index is 6.33. The molecule has 3 heterocycles. The topological polar surface area (TPSA) is 18.5 Å². The summed E-state index contributed by atoms with van der Waals surface area (Å²) in [6, 6.07) is 9.35. The van der Waals surface area contributed by atoms with Crippen molar-refractivity contribution in [3.05, 3.63) is 34.9 Å². The van der Waals surface area contributed by atoms with E-state index in [4.69, 9.17) is 11.6 Å². The quantitative estimate of drug-likeness (QED) is 0.894. The van der Waals surface area contributed by atoms with Gasteiger partial charge in [0.25, 0.3) is 0 Å². The van der Waals surface area contributed by atoms with Gasteiger partial charge in [-0.3, -0.25) is 9.80 Å². The highest BCUT2D eigenvalue weighted by Crippen LogP contribution is 2.23. The Morgan fingerprint density at radius 3 is 2.60 bits per heavy atom. The summed E-state index contributed by atoms with van der Waals surface area (Å²) in [7, 11) is 0. The van der Waals surface area contributed by atoms with Crippen LogP contribution in [0.1, 0.15) is 12.5 Å². The number of benzene rings is 1. The molecule has 0 aromatic heterocycles. The third kappa shape index (κ3) is 3.01. The molecule has 1 aromatic rings. The predicted molar refractivity (Wildman–Crippen MR) is 84.4 cm³/mol. The predicted octanol–water partition coefficient (Wildman–Crippen LogP) is 1.86. The molecule has 3 fully saturated rings. The van der Waals surface area contributed by atoms with Crippen LogP contribution in [0.25, 0.3) is 0 Å². The molecule has 2 atom stereocenters. The number of rotatable bonds is 5. The molecule has 2 unspecified atom stereocenters. The second-order valence-electron chi connectivity index (χ2n) is 5.86. The Hall–Kier alpha value is -0.610. The summed E-state index contributed by atoms with van der Waals surface area (Å²) in [5.74, 6) is 0. The van der Waals surface area contributed by atoms with Crippen LogP contribution in [0.3, 0.4) is 0 Å². The first kappa shape index (κ1) is 14.3. The lowest BCUT2D eigenvalue weighted by Crippen LogP contribution is -2.66. The number of halogens is 1. The molecule has 1 N–H and O–H groups in total. The molecule has 3 aliphatic heterocycles. The Kier molecular flexibility index (Phi) is 4.61. The molecule has 20 heavy (non-hydrogen) atoms. The fourth-order valence-corrected chi connectivity index (χ4v) is 3.76. The highest BCUT2D eigenvalue weighted by molar-refractivity contribution is 6.31. The molecule has 2 bridgehead atoms. The van der Waals surface area contributed by atoms with E-state index in [0.29, 0.717) is 12.1 Å². The number of hydrogen-bond acceptors (Lipinski definition) is 3. The van der Waals surface area contributed by atoms with Gasteiger partial charge in [0, 0.05) is 49.8 Å². The molecule has 4 heteroatoms. The first-order valence-corrected chi connectivity index (χ1v) is 8.09. The third-order valence-electron chi connectivity index (χ3n) is 4.65. The summed E-state index contributed by atoms with van der Waals surface area (Å²) in [5.41, 5.74) is 1.26. The van der Waals surface area contributed by atoms with Crippen molar-refractivity contribution in [2.24, 2.45) is 0 Å². The molecular weight excluding hydrogens is 270 g/mol. The Bertz CT molecular complexity index is 443. The second kappa shape index (κ2) is 6.44. The summed E-state index contributed by atoms with van der Waals surface area (Å²) < 4.78 is 0. The van der Waals surface area contributed by atoms with E-state index in [9.17, 15) is 0 Å². The molecule has 0 spiro atoms. The van der Waals surface area contributed by atoms with Crippen LogP contribution >= 0.6 is 11.6 Å². The number of piperazine rings is 3. The van der Waals surface area contributed by atoms with Crippen LogP contribution in [-0.4, -0.2) is 61.2 Å². The zero-order valence-electron chi connectivity index (χ0n) is 12.2. The van der Waals surface area contributed by atoms with Gasteiger partial charge in [-0.2, -0.15) is 0 Å². The highest BCUT2D eigenvalue weighted by Gasteiger charge is 2.36. The average Bonchev–Trinajstić information content (AvgIpc) is 2.50. The SMILES string of the molecule is CCNC(Cc1ccccc1Cl)C1CN2CCN1CC2. The molecule has 3 aliphatic rings. The van der Waals surface area contributed by atoms with Gasteiger partial charge in [-0.1, -0.05) is 36.7 Å². The van der Waals surface area contributed by atoms with Gasteiger partial charge in [-0.05, 0) is 24.6 Å². The van der Waals surface area contributed by atoms with E-state index in [-0.39, 0.29) is 0 Å². The van der Waals surface area contributed by atoms with Crippen molar-refractivity contribution in [2.75, 3.05) is 39.3 Å². The first-order chi connectivity index (χ1) is 9.78. The summed E-state index contributed by atoms with van der Waals surface area (Å²) >= 11 is 6.33. The molecule has 3 nitrogen and oxygen atoms in total. The minimum Gasteiger partial charge on any atom is -0.312 e. The van der Waals surface area contributed by atoms with Crippen molar-refractivity contribution in [2.45, 2.75) is 25.4 Å². The van der Waals surface area contributed by atoms with Crippen molar-refractivity contribution in [1.29, 1.82) is 0 Å². The Labute approximate surface area is 126 Å². The second-order valence-corrected chi connectivity index (χ2v) is 6.27. The van der Waals surface area contributed by atoms with E-state index in [2.05, 4.69) is 34.2 Å². The van der Waals surface area contributed by atoms with Gasteiger partial charge >= 0.3 is 0 Å². The Morgan fingerprint density at radius 1 is 1.25 bits per heavy atom. The largest absolute Gasteiger partial charge is 0.312 e. The van der Waals surface area contributed by atoms with Crippen LogP contribution in [0.2, 0.25) is 5.02 Å². The maximum absolute atomic E-state index is 6.33. The van der Waals surface area contributed by atoms with E-state index in [0.717, 1.165) is 18.0 Å². The first-order valence-electron chi connectivity index (χ1n) is 7.71. The zero-order chi connectivity index (χ0) is 13.9. The van der Waals surface area contributed by atoms with Gasteiger partial charge in [-0.15, -0.1) is 0 Å². The average molecular weight is 294 g/mol. The minimum absolute atomic E-state index is 0.489. The zero-order valence-corrected chi connectivity index (χ0v) is 12.9. The van der Waals surface area contributed by atoms with E-state index >= 15 is 0 Å². The monoisotopic (exact) mass is 293 g/mol. The number of fused-ring (bicyclic) bond motifs is 3. The van der Waals surface area contributed by atoms with Crippen molar-refractivity contribution in [3.63, 3.8) is 0 Å². The maximum Gasteiger partial charge on any atom is 0.0438 e. The molecule has 110 valence electrons. The van der Waals surface area contributed by atoms with Crippen molar-refractivity contribution in [3.8, 4) is 0 Å². The van der Waals surface area contributed by atoms with E-state index in [1.54, 1.807) is 0 Å². The van der Waals surface area contributed by atoms with Crippen LogP contribution in [0.15, 0.2) is 24.3 Å². The molecule has 0 aliphatic carbocycles. The Morgan fingerprint density at radius 2 is 2.00 bits per heavy atom. The lowest BCUT2D eigenvalue weighted by atomic mass is 9.94. The van der Waals surface area contributed by atoms with E-state index < -0.39 is 0 Å². The summed E-state index contributed by atoms with van der Waals surface area (Å²) in [6.45, 7) is 9.31. The fourth-order valence-electron chi connectivity index (χ4n) is 3.55. The smallest absolute Gasteiger partial charge is 0.0438 e. The lowest BCUT2D eigenvalue weighted by molar-refractivity contribution is -0.00288. The number of nitrogens with one attached hydrogen (secondary N) is 1. The normalized spacial score (nSPS) is 30.4. The van der Waals surface area contributed by atoms with Crippen LogP contribution in [0.4, 0.5) is 0 Å². The minimum atomic E-state index is 0.489. The van der Waals surface area contributed by atoms with Gasteiger partial charge in [0.1, 0.15) is 0 Å². The van der Waals surface area contributed by atoms with Crippen LogP contribution in [-0.2, 0) is 6.42 Å². The standard InChI is InChI=1S/C16H24ClN3/c1-2-18-15(11-13-5-3-4-6-14(13)17)16-12-19-7-9-20(16)10-8-19/h3-6,15-16,18H,2,7-12H2,1H3. The number of hydrogen-bond donors (Lipinski definition) is 1. The highest BCUT2D eigenvalue weighted by atomic mass is 35.5. The van der Waals surface area contributed by atoms with Gasteiger partial charge in [0.05, 0.1) is 0 Å². The number of likely N-dealkylation sites (N-methyl/N-ethyl adjacent to an activating group) is 1. The molecule has 3 saturated heterocycles. The molecule has 4 rings (SSSR count). The summed E-state index contributed by atoms with van der Waals surface area (Å²) in [4.78, 5) is 5.26. The summed E-state index contributed by atoms with van der Waals surface area (Å²) in [6.07, 6.45) is 1.02. The van der Waals surface area contributed by atoms with E-state index in [1.165, 1.54) is 38.3 Å². The molecule has 0 amide bonds. The molecular formula is C16H24ClN3. The Balaban J connectivity index is 1.74. The summed E-state index contributed by atoms with van der Waals surface area (Å²) in [5, 5.41) is 4.58. The van der Waals surface area contributed by atoms with Gasteiger partial charge < -0.3 is 5.32 Å². The van der Waals surface area contributed by atoms with Crippen LogP contribution in [0, 0.1) is 0 Å². The molecule has 0 saturated carbocycles. The van der Waals surface area contributed by atoms with Crippen LogP contribution in [0.5, 0.6) is 0 Å². The van der Waals surface area contributed by atoms with Gasteiger partial charge in [0.15, 0.2) is 0 Å². The number of nitrogens with zero attached hydrogens (tertiary/aromatic N) is 2. The van der Waals surface area contributed by atoms with Gasteiger partial charge in [0.2, 0.25) is 0 Å². The van der Waals surface area contributed by atoms with Crippen molar-refractivity contribution >= 4 is 11.6 Å². The van der Waals surface area contributed by atoms with Crippen molar-refractivity contribution in [1.82, 2.24) is 15.1 Å². The van der Waals surface area contributed by atoms with Gasteiger partial charge in [-0.25, -0.2) is 0 Å². The fraction of sp³-hybridized carbons (Fsp3) is 0.625. The molecule has 0 radical (unpaired) electrons. The van der Waals surface area contributed by atoms with E-state index in [1.807, 2.05) is 12.1 Å². The van der Waals surface area contributed by atoms with Crippen molar-refractivity contribution < 1.29 is 0 Å². The van der Waals surface area contributed by atoms with Crippen LogP contribution < -0.4 is 5.32 Å². The molecule has 1 aromatic carbocycles. The third-order valence-corrected chi connectivity index (χ3v) is 5.02.